The van der Waals surface area contributed by atoms with Gasteiger partial charge in [0.05, 0.1) is 13.0 Å². The van der Waals surface area contributed by atoms with Gasteiger partial charge in [0.2, 0.25) is 6.10 Å². The van der Waals surface area contributed by atoms with Crippen molar-refractivity contribution in [3.8, 4) is 0 Å². The van der Waals surface area contributed by atoms with Crippen molar-refractivity contribution in [3.05, 3.63) is 11.5 Å². The van der Waals surface area contributed by atoms with E-state index in [-0.39, 0.29) is 11.5 Å². The van der Waals surface area contributed by atoms with Crippen LogP contribution in [0.5, 0.6) is 0 Å². The van der Waals surface area contributed by atoms with Gasteiger partial charge in [-0.15, -0.1) is 0 Å². The molecule has 6 nitrogen and oxygen atoms in total. The van der Waals surface area contributed by atoms with Crippen LogP contribution in [0.25, 0.3) is 0 Å². The van der Waals surface area contributed by atoms with Crippen LogP contribution >= 0.6 is 0 Å². The molecule has 0 aliphatic carbocycles. The van der Waals surface area contributed by atoms with Gasteiger partial charge in [-0.3, -0.25) is 0 Å². The van der Waals surface area contributed by atoms with E-state index >= 15 is 0 Å². The second-order valence-corrected chi connectivity index (χ2v) is 3.48. The summed E-state index contributed by atoms with van der Waals surface area (Å²) >= 11 is 0. The van der Waals surface area contributed by atoms with Gasteiger partial charge in [0, 0.05) is 0 Å². The number of nitrogens with two attached hydrogens (primary N) is 1. The summed E-state index contributed by atoms with van der Waals surface area (Å²) in [6, 6.07) is 0. The molecule has 2 N–H and O–H groups in total. The van der Waals surface area contributed by atoms with E-state index in [1.165, 1.54) is 7.11 Å². The number of rotatable bonds is 1. The first-order valence-electron chi connectivity index (χ1n) is 4.51. The molecule has 3 atom stereocenters. The van der Waals surface area contributed by atoms with Crippen LogP contribution in [0.4, 0.5) is 0 Å². The molecule has 0 unspecified atom stereocenters. The first-order chi connectivity index (χ1) is 7.06. The van der Waals surface area contributed by atoms with E-state index in [2.05, 4.69) is 4.74 Å². The average molecular weight is 213 g/mol. The van der Waals surface area contributed by atoms with Crippen molar-refractivity contribution in [3.63, 3.8) is 0 Å². The Balaban J connectivity index is 2.35. The number of hydrogen-bond donors (Lipinski definition) is 1. The number of ether oxygens (including phenoxy) is 3. The first-order valence-corrected chi connectivity index (χ1v) is 4.51. The quantitative estimate of drug-likeness (QED) is 0.579. The van der Waals surface area contributed by atoms with E-state index in [1.54, 1.807) is 6.92 Å². The monoisotopic (exact) mass is 213 g/mol. The maximum absolute atomic E-state index is 11.4. The lowest BCUT2D eigenvalue weighted by molar-refractivity contribution is -0.147. The Morgan fingerprint density at radius 1 is 1.47 bits per heavy atom. The number of carbonyl (C=O) groups is 2. The summed E-state index contributed by atoms with van der Waals surface area (Å²) in [6.07, 6.45) is -1.22. The van der Waals surface area contributed by atoms with Crippen molar-refractivity contribution in [2.45, 2.75) is 19.1 Å². The third-order valence-corrected chi connectivity index (χ3v) is 2.62. The topological polar surface area (TPSA) is 87.9 Å². The summed E-state index contributed by atoms with van der Waals surface area (Å²) < 4.78 is 14.6. The van der Waals surface area contributed by atoms with Gasteiger partial charge in [-0.2, -0.15) is 0 Å². The molecule has 2 aliphatic rings. The van der Waals surface area contributed by atoms with E-state index < -0.39 is 30.1 Å². The molecular formula is C9H11NO5. The molecule has 6 heteroatoms. The van der Waals surface area contributed by atoms with Crippen molar-refractivity contribution < 1.29 is 23.8 Å². The molecule has 0 bridgehead atoms. The van der Waals surface area contributed by atoms with Gasteiger partial charge < -0.3 is 19.9 Å². The third-order valence-electron chi connectivity index (χ3n) is 2.62. The fraction of sp³-hybridized carbons (Fsp3) is 0.556. The molecule has 15 heavy (non-hydrogen) atoms. The zero-order valence-electron chi connectivity index (χ0n) is 8.35. The number of carbonyl (C=O) groups excluding carboxylic acids is 2. The van der Waals surface area contributed by atoms with Crippen LogP contribution in [-0.2, 0) is 23.8 Å². The van der Waals surface area contributed by atoms with Gasteiger partial charge >= 0.3 is 11.9 Å². The van der Waals surface area contributed by atoms with E-state index in [4.69, 9.17) is 15.2 Å². The average Bonchev–Trinajstić information content (AvgIpc) is 2.65. The predicted octanol–water partition coefficient (Wildman–Crippen LogP) is -0.710. The Bertz CT molecular complexity index is 362. The van der Waals surface area contributed by atoms with E-state index in [9.17, 15) is 9.59 Å². The van der Waals surface area contributed by atoms with Crippen LogP contribution in [0.3, 0.4) is 0 Å². The lowest BCUT2D eigenvalue weighted by Crippen LogP contribution is -2.25. The molecule has 1 fully saturated rings. The highest BCUT2D eigenvalue weighted by Crippen LogP contribution is 2.38. The standard InChI is InChI=1S/C9H11NO5/c1-3-4-5(8(11)13-2)7(10)15-6(4)9(12)14-3/h3-4,6H,10H2,1-2H3/t3-,4+,6+/m1/s1. The number of fused-ring (bicyclic) bond motifs is 1. The number of methoxy groups -OCH3 is 1. The SMILES string of the molecule is COC(=O)C1=C(N)O[C@@H]2C(=O)O[C@H](C)[C@@H]12. The molecule has 0 aromatic carbocycles. The lowest BCUT2D eigenvalue weighted by Gasteiger charge is -2.10. The van der Waals surface area contributed by atoms with Gasteiger partial charge in [0.15, 0.2) is 5.88 Å². The van der Waals surface area contributed by atoms with Gasteiger partial charge in [0.1, 0.15) is 11.7 Å². The summed E-state index contributed by atoms with van der Waals surface area (Å²) in [4.78, 5) is 22.7. The van der Waals surface area contributed by atoms with Gasteiger partial charge in [0.25, 0.3) is 0 Å². The van der Waals surface area contributed by atoms with Crippen molar-refractivity contribution in [2.75, 3.05) is 7.11 Å². The van der Waals surface area contributed by atoms with E-state index in [0.717, 1.165) is 0 Å². The normalized spacial score (nSPS) is 33.5. The summed E-state index contributed by atoms with van der Waals surface area (Å²) in [5.41, 5.74) is 5.71. The Labute approximate surface area is 86.0 Å². The van der Waals surface area contributed by atoms with Gasteiger partial charge in [-0.05, 0) is 6.92 Å². The van der Waals surface area contributed by atoms with Crippen LogP contribution < -0.4 is 5.73 Å². The second kappa shape index (κ2) is 3.15. The number of cyclic esters (lactones) is 1. The van der Waals surface area contributed by atoms with Crippen molar-refractivity contribution in [2.24, 2.45) is 11.7 Å². The second-order valence-electron chi connectivity index (χ2n) is 3.48. The van der Waals surface area contributed by atoms with Crippen molar-refractivity contribution in [1.82, 2.24) is 0 Å². The molecule has 0 spiro atoms. The molecule has 2 heterocycles. The van der Waals surface area contributed by atoms with Crippen molar-refractivity contribution >= 4 is 11.9 Å². The highest BCUT2D eigenvalue weighted by molar-refractivity contribution is 5.93. The molecule has 0 radical (unpaired) electrons. The molecule has 0 aromatic heterocycles. The summed E-state index contributed by atoms with van der Waals surface area (Å²) in [5, 5.41) is 0. The van der Waals surface area contributed by atoms with E-state index in [1.807, 2.05) is 0 Å². The molecular weight excluding hydrogens is 202 g/mol. The fourth-order valence-electron chi connectivity index (χ4n) is 1.94. The minimum Gasteiger partial charge on any atom is -0.465 e. The molecule has 2 rings (SSSR count). The summed E-state index contributed by atoms with van der Waals surface area (Å²) in [6.45, 7) is 1.69. The lowest BCUT2D eigenvalue weighted by atomic mass is 9.93. The van der Waals surface area contributed by atoms with Crippen LogP contribution in [-0.4, -0.2) is 31.3 Å². The molecule has 0 amide bonds. The maximum atomic E-state index is 11.4. The fourth-order valence-corrected chi connectivity index (χ4v) is 1.94. The molecule has 0 aromatic rings. The highest BCUT2D eigenvalue weighted by atomic mass is 16.6. The third kappa shape index (κ3) is 1.25. The minimum atomic E-state index is -0.797. The van der Waals surface area contributed by atoms with Crippen molar-refractivity contribution in [1.29, 1.82) is 0 Å². The molecule has 1 saturated heterocycles. The summed E-state index contributed by atoms with van der Waals surface area (Å²) in [7, 11) is 1.25. The zero-order chi connectivity index (χ0) is 11.2. The Morgan fingerprint density at radius 3 is 2.73 bits per heavy atom. The van der Waals surface area contributed by atoms with E-state index in [0.29, 0.717) is 0 Å². The predicted molar refractivity (Wildman–Crippen MR) is 47.1 cm³/mol. The molecule has 82 valence electrons. The number of hydrogen-bond acceptors (Lipinski definition) is 6. The Morgan fingerprint density at radius 2 is 2.13 bits per heavy atom. The van der Waals surface area contributed by atoms with Crippen LogP contribution in [0.2, 0.25) is 0 Å². The highest BCUT2D eigenvalue weighted by Gasteiger charge is 2.53. The molecule has 0 saturated carbocycles. The maximum Gasteiger partial charge on any atom is 0.348 e. The zero-order valence-corrected chi connectivity index (χ0v) is 8.35. The molecule has 2 aliphatic heterocycles. The van der Waals surface area contributed by atoms with Crippen LogP contribution in [0.15, 0.2) is 11.5 Å². The Hall–Kier alpha value is -1.72. The minimum absolute atomic E-state index is 0.0413. The number of esters is 2. The van der Waals surface area contributed by atoms with Gasteiger partial charge in [-0.1, -0.05) is 0 Å². The first kappa shape index (κ1) is 9.82. The summed E-state index contributed by atoms with van der Waals surface area (Å²) in [5.74, 6) is -1.56. The van der Waals surface area contributed by atoms with Gasteiger partial charge in [-0.25, -0.2) is 9.59 Å². The van der Waals surface area contributed by atoms with Crippen LogP contribution in [0.1, 0.15) is 6.92 Å². The Kier molecular flexibility index (Phi) is 2.06. The van der Waals surface area contributed by atoms with Crippen LogP contribution in [0, 0.1) is 5.92 Å². The smallest absolute Gasteiger partial charge is 0.348 e. The largest absolute Gasteiger partial charge is 0.465 e.